The predicted octanol–water partition coefficient (Wildman–Crippen LogP) is 3.24. The molecule has 222 valence electrons. The molecule has 0 saturated carbocycles. The van der Waals surface area contributed by atoms with E-state index in [0.717, 1.165) is 36.9 Å². The van der Waals surface area contributed by atoms with Gasteiger partial charge in [0.15, 0.2) is 10.9 Å². The molecule has 4 heterocycles. The van der Waals surface area contributed by atoms with E-state index in [1.807, 2.05) is 26.2 Å². The highest BCUT2D eigenvalue weighted by Gasteiger charge is 2.56. The number of halogens is 2. The second-order valence-electron chi connectivity index (χ2n) is 12.5. The molecule has 1 aromatic carbocycles. The van der Waals surface area contributed by atoms with Gasteiger partial charge in [-0.1, -0.05) is 26.8 Å². The van der Waals surface area contributed by atoms with Crippen molar-refractivity contribution < 1.29 is 27.9 Å². The number of ether oxygens (including phenoxy) is 1. The number of carbonyl (C=O) groups is 3. The van der Waals surface area contributed by atoms with Crippen LogP contribution >= 0.6 is 11.3 Å². The molecule has 0 unspecified atom stereocenters. The molecule has 0 radical (unpaired) electrons. The molecule has 2 amide bonds. The number of likely N-dealkylation sites (tertiary alicyclic amines) is 1. The minimum Gasteiger partial charge on any atom is -0.367 e. The van der Waals surface area contributed by atoms with E-state index in [4.69, 9.17) is 15.5 Å². The normalized spacial score (nSPS) is 24.3. The average Bonchev–Trinajstić information content (AvgIpc) is 3.64. The summed E-state index contributed by atoms with van der Waals surface area (Å²) >= 11 is 1.53. The maximum atomic E-state index is 14.2. The van der Waals surface area contributed by atoms with E-state index >= 15 is 0 Å². The van der Waals surface area contributed by atoms with Gasteiger partial charge in [0, 0.05) is 49.2 Å². The zero-order valence-corrected chi connectivity index (χ0v) is 24.6. The lowest BCUT2D eigenvalue weighted by molar-refractivity contribution is -0.138. The topological polar surface area (TPSA) is 109 Å². The van der Waals surface area contributed by atoms with E-state index in [0.29, 0.717) is 17.7 Å². The van der Waals surface area contributed by atoms with Crippen LogP contribution in [0.2, 0.25) is 0 Å². The summed E-state index contributed by atoms with van der Waals surface area (Å²) in [4.78, 5) is 50.1. The number of hydrogen-bond donors (Lipinski definition) is 1. The van der Waals surface area contributed by atoms with Crippen molar-refractivity contribution in [2.24, 2.45) is 17.1 Å². The fraction of sp³-hybridized carbons (Fsp3) is 0.586. The lowest BCUT2D eigenvalue weighted by atomic mass is 9.78. The first-order valence-corrected chi connectivity index (χ1v) is 14.8. The van der Waals surface area contributed by atoms with Gasteiger partial charge in [0.25, 0.3) is 0 Å². The first-order valence-electron chi connectivity index (χ1n) is 13.9. The van der Waals surface area contributed by atoms with E-state index in [2.05, 4.69) is 16.8 Å². The van der Waals surface area contributed by atoms with Crippen LogP contribution in [0.3, 0.4) is 0 Å². The van der Waals surface area contributed by atoms with Crippen LogP contribution in [0.4, 0.5) is 13.9 Å². The van der Waals surface area contributed by atoms with Crippen molar-refractivity contribution in [1.82, 2.24) is 14.8 Å². The number of thiazole rings is 1. The molecule has 2 aromatic rings. The maximum Gasteiger partial charge on any atom is 0.249 e. The second kappa shape index (κ2) is 11.4. The Morgan fingerprint density at radius 1 is 1.20 bits per heavy atom. The number of alkyl halides is 2. The number of likely N-dealkylation sites (N-methyl/N-ethyl adjacent to an activating group) is 1. The largest absolute Gasteiger partial charge is 0.367 e. The summed E-state index contributed by atoms with van der Waals surface area (Å²) in [5.41, 5.74) is 7.42. The van der Waals surface area contributed by atoms with E-state index in [1.165, 1.54) is 16.2 Å². The summed E-state index contributed by atoms with van der Waals surface area (Å²) in [6.45, 7) is 8.93. The SMILES string of the molecule is CN1CCN(c2nc(-c3ccc(C(N)=O)c([C@H](CC(C)(C)C)C(=O)N4C[C@H](C(F)F)[C@H]5OCC(=O)[C@H]54)c3)cs2)CC1. The summed E-state index contributed by atoms with van der Waals surface area (Å²) in [5, 5.41) is 2.85. The van der Waals surface area contributed by atoms with Gasteiger partial charge >= 0.3 is 0 Å². The minimum absolute atomic E-state index is 0.182. The molecule has 3 aliphatic rings. The molecule has 1 aromatic heterocycles. The molecule has 12 heteroatoms. The van der Waals surface area contributed by atoms with Crippen molar-refractivity contribution in [3.8, 4) is 11.3 Å². The molecule has 5 rings (SSSR count). The maximum absolute atomic E-state index is 14.2. The summed E-state index contributed by atoms with van der Waals surface area (Å²) in [5.74, 6) is -3.70. The van der Waals surface area contributed by atoms with Gasteiger partial charge in [-0.25, -0.2) is 13.8 Å². The Morgan fingerprint density at radius 2 is 1.90 bits per heavy atom. The van der Waals surface area contributed by atoms with Gasteiger partial charge in [-0.15, -0.1) is 11.3 Å². The van der Waals surface area contributed by atoms with Crippen LogP contribution in [0.25, 0.3) is 11.3 Å². The molecule has 0 spiro atoms. The summed E-state index contributed by atoms with van der Waals surface area (Å²) in [6, 6.07) is 4.07. The van der Waals surface area contributed by atoms with Gasteiger partial charge in [-0.2, -0.15) is 0 Å². The molecular formula is C29H37F2N5O4S. The highest BCUT2D eigenvalue weighted by molar-refractivity contribution is 7.14. The van der Waals surface area contributed by atoms with Crippen LogP contribution < -0.4 is 10.6 Å². The van der Waals surface area contributed by atoms with Crippen molar-refractivity contribution in [1.29, 1.82) is 0 Å². The molecule has 3 aliphatic heterocycles. The van der Waals surface area contributed by atoms with Gasteiger partial charge in [0.2, 0.25) is 18.2 Å². The minimum atomic E-state index is -2.74. The monoisotopic (exact) mass is 589 g/mol. The number of aromatic nitrogens is 1. The molecule has 3 fully saturated rings. The van der Waals surface area contributed by atoms with Crippen molar-refractivity contribution in [3.05, 3.63) is 34.7 Å². The van der Waals surface area contributed by atoms with Crippen LogP contribution in [0.15, 0.2) is 23.6 Å². The summed E-state index contributed by atoms with van der Waals surface area (Å²) in [7, 11) is 2.09. The zero-order valence-electron chi connectivity index (χ0n) is 23.8. The van der Waals surface area contributed by atoms with E-state index in [9.17, 15) is 23.2 Å². The number of benzene rings is 1. The zero-order chi connectivity index (χ0) is 29.6. The molecule has 0 bridgehead atoms. The summed E-state index contributed by atoms with van der Waals surface area (Å²) in [6.07, 6.45) is -3.47. The van der Waals surface area contributed by atoms with Crippen LogP contribution in [0.5, 0.6) is 0 Å². The lowest BCUT2D eigenvalue weighted by Gasteiger charge is -2.32. The number of ketones is 1. The van der Waals surface area contributed by atoms with Crippen molar-refractivity contribution >= 4 is 34.1 Å². The van der Waals surface area contributed by atoms with Gasteiger partial charge < -0.3 is 25.2 Å². The number of fused-ring (bicyclic) bond motifs is 1. The van der Waals surface area contributed by atoms with Gasteiger partial charge in [-0.3, -0.25) is 14.4 Å². The fourth-order valence-corrected chi connectivity index (χ4v) is 6.95. The molecule has 3 saturated heterocycles. The third-order valence-corrected chi connectivity index (χ3v) is 9.10. The molecule has 0 aliphatic carbocycles. The molecular weight excluding hydrogens is 552 g/mol. The number of nitrogens with zero attached hydrogens (tertiary/aromatic N) is 4. The second-order valence-corrected chi connectivity index (χ2v) is 13.3. The number of piperazine rings is 1. The number of amides is 2. The molecule has 9 nitrogen and oxygen atoms in total. The first-order chi connectivity index (χ1) is 19.3. The van der Waals surface area contributed by atoms with Crippen LogP contribution in [-0.2, 0) is 14.3 Å². The van der Waals surface area contributed by atoms with Crippen LogP contribution in [0, 0.1) is 11.3 Å². The Labute approximate surface area is 242 Å². The Morgan fingerprint density at radius 3 is 2.54 bits per heavy atom. The van der Waals surface area contributed by atoms with Crippen LogP contribution in [-0.4, -0.2) is 97.3 Å². The number of primary amides is 1. The Kier molecular flexibility index (Phi) is 8.19. The third kappa shape index (κ3) is 6.00. The van der Waals surface area contributed by atoms with Crippen molar-refractivity contribution in [2.75, 3.05) is 51.3 Å². The van der Waals surface area contributed by atoms with E-state index in [-0.39, 0.29) is 29.9 Å². The number of Topliss-reactive ketones (excluding diaryl/α,β-unsaturated/α-hetero) is 1. The lowest BCUT2D eigenvalue weighted by Crippen LogP contribution is -2.45. The first kappa shape index (κ1) is 29.5. The van der Waals surface area contributed by atoms with Crippen molar-refractivity contribution in [3.63, 3.8) is 0 Å². The average molecular weight is 590 g/mol. The molecule has 41 heavy (non-hydrogen) atoms. The highest BCUT2D eigenvalue weighted by Crippen LogP contribution is 2.41. The predicted molar refractivity (Wildman–Crippen MR) is 152 cm³/mol. The fourth-order valence-electron chi connectivity index (χ4n) is 6.06. The number of rotatable bonds is 7. The Hall–Kier alpha value is -2.96. The standard InChI is InChI=1S/C29H37F2N5O4S/c1-29(2,3)12-19(27(39)36-13-20(25(30)31)24-23(36)22(37)14-40-24)18-11-16(5-6-17(18)26(32)38)21-15-41-28(33-21)35-9-7-34(4)8-10-35/h5-6,11,15,19-20,23-25H,7-10,12-14H2,1-4H3,(H2,32,38)/t19-,20-,23+,24+/m0/s1. The number of hydrogen-bond acceptors (Lipinski definition) is 8. The van der Waals surface area contributed by atoms with E-state index in [1.54, 1.807) is 18.2 Å². The smallest absolute Gasteiger partial charge is 0.249 e. The highest BCUT2D eigenvalue weighted by atomic mass is 32.1. The quantitative estimate of drug-likeness (QED) is 0.528. The molecule has 4 atom stereocenters. The van der Waals surface area contributed by atoms with Gasteiger partial charge in [0.05, 0.1) is 23.6 Å². The number of nitrogens with two attached hydrogens (primary N) is 1. The van der Waals surface area contributed by atoms with Crippen molar-refractivity contribution in [2.45, 2.75) is 51.7 Å². The Bertz CT molecular complexity index is 1320. The van der Waals surface area contributed by atoms with Gasteiger partial charge in [-0.05, 0) is 36.6 Å². The molecule has 2 N–H and O–H groups in total. The van der Waals surface area contributed by atoms with Gasteiger partial charge in [0.1, 0.15) is 12.6 Å². The summed E-state index contributed by atoms with van der Waals surface area (Å²) < 4.78 is 33.2. The van der Waals surface area contributed by atoms with Crippen LogP contribution in [0.1, 0.15) is 49.0 Å². The number of anilines is 1. The number of carbonyl (C=O) groups excluding carboxylic acids is 3. The van der Waals surface area contributed by atoms with E-state index < -0.39 is 42.2 Å². The Balaban J connectivity index is 1.52. The third-order valence-electron chi connectivity index (χ3n) is 8.20.